The fraction of sp³-hybridized carbons (Fsp3) is 0.750. The van der Waals surface area contributed by atoms with Crippen molar-refractivity contribution in [1.29, 1.82) is 0 Å². The Morgan fingerprint density at radius 1 is 1.53 bits per heavy atom. The molecule has 1 saturated carbocycles. The van der Waals surface area contributed by atoms with Crippen molar-refractivity contribution in [3.05, 3.63) is 0 Å². The van der Waals surface area contributed by atoms with E-state index in [4.69, 9.17) is 9.39 Å². The molecule has 2 fully saturated rings. The van der Waals surface area contributed by atoms with E-state index in [1.54, 1.807) is 0 Å². The van der Waals surface area contributed by atoms with Gasteiger partial charge in [0.05, 0.1) is 12.5 Å². The highest BCUT2D eigenvalue weighted by Gasteiger charge is 2.50. The van der Waals surface area contributed by atoms with Gasteiger partial charge in [-0.1, -0.05) is 0 Å². The van der Waals surface area contributed by atoms with Gasteiger partial charge in [0.2, 0.25) is 0 Å². The summed E-state index contributed by atoms with van der Waals surface area (Å²) >= 11 is 0. The van der Waals surface area contributed by atoms with Crippen LogP contribution in [0.3, 0.4) is 0 Å². The Labute approximate surface area is 93.3 Å². The van der Waals surface area contributed by atoms with Gasteiger partial charge in [0.25, 0.3) is 0 Å². The van der Waals surface area contributed by atoms with E-state index in [1.807, 2.05) is 0 Å². The van der Waals surface area contributed by atoms with Gasteiger partial charge in [-0.25, -0.2) is 0 Å². The van der Waals surface area contributed by atoms with Gasteiger partial charge in [-0.2, -0.15) is 0 Å². The van der Waals surface area contributed by atoms with Crippen molar-refractivity contribution < 1.29 is 19.0 Å². The molecule has 15 heavy (non-hydrogen) atoms. The van der Waals surface area contributed by atoms with Gasteiger partial charge in [-0.15, -0.1) is 18.2 Å². The number of fused-ring (bicyclic) bond motifs is 1. The molecular formula is C8H13BO4P2. The van der Waals surface area contributed by atoms with Crippen LogP contribution in [0.2, 0.25) is 0 Å². The molecule has 82 valence electrons. The van der Waals surface area contributed by atoms with E-state index >= 15 is 0 Å². The molecular weight excluding hydrogens is 233 g/mol. The third-order valence-electron chi connectivity index (χ3n) is 3.04. The van der Waals surface area contributed by atoms with Crippen molar-refractivity contribution in [2.45, 2.75) is 25.0 Å². The summed E-state index contributed by atoms with van der Waals surface area (Å²) in [6.07, 6.45) is 1.59. The van der Waals surface area contributed by atoms with Gasteiger partial charge < -0.3 is 14.2 Å². The van der Waals surface area contributed by atoms with Crippen molar-refractivity contribution in [3.8, 4) is 0 Å². The van der Waals surface area contributed by atoms with Crippen molar-refractivity contribution in [2.24, 2.45) is 11.8 Å². The third-order valence-corrected chi connectivity index (χ3v) is 3.35. The number of rotatable bonds is 3. The minimum absolute atomic E-state index is 0.0220. The van der Waals surface area contributed by atoms with Crippen molar-refractivity contribution in [2.75, 3.05) is 0 Å². The molecule has 2 rings (SSSR count). The maximum Gasteiger partial charge on any atom is 0.336 e. The molecule has 6 atom stereocenters. The van der Waals surface area contributed by atoms with Crippen LogP contribution in [-0.2, 0) is 19.0 Å². The summed E-state index contributed by atoms with van der Waals surface area (Å²) in [6.45, 7) is 0. The molecule has 1 heterocycles. The molecule has 1 saturated heterocycles. The maximum absolute atomic E-state index is 11.1. The Kier molecular flexibility index (Phi) is 3.44. The van der Waals surface area contributed by atoms with Gasteiger partial charge in [0.1, 0.15) is 12.4 Å². The Hall–Kier alpha value is 0.0249. The first kappa shape index (κ1) is 11.5. The molecule has 0 bridgehead atoms. The van der Waals surface area contributed by atoms with Gasteiger partial charge in [0.15, 0.2) is 0 Å². The molecule has 2 aliphatic rings. The van der Waals surface area contributed by atoms with Crippen molar-refractivity contribution >= 4 is 36.8 Å². The van der Waals surface area contributed by atoms with E-state index < -0.39 is 0 Å². The third kappa shape index (κ3) is 2.25. The summed E-state index contributed by atoms with van der Waals surface area (Å²) < 4.78 is 10.7. The van der Waals surface area contributed by atoms with Crippen LogP contribution in [0.15, 0.2) is 0 Å². The highest BCUT2D eigenvalue weighted by molar-refractivity contribution is 7.92. The predicted molar refractivity (Wildman–Crippen MR) is 62.2 cm³/mol. The first-order valence-electron chi connectivity index (χ1n) is 4.93. The molecule has 0 spiro atoms. The minimum atomic E-state index is -0.204. The second-order valence-electron chi connectivity index (χ2n) is 3.98. The summed E-state index contributed by atoms with van der Waals surface area (Å²) in [7, 11) is 5.01. The second kappa shape index (κ2) is 4.49. The van der Waals surface area contributed by atoms with Crippen LogP contribution >= 0.6 is 18.2 Å². The minimum Gasteiger partial charge on any atom is -0.462 e. The first-order chi connectivity index (χ1) is 7.11. The molecule has 0 radical (unpaired) electrons. The molecule has 3 unspecified atom stereocenters. The van der Waals surface area contributed by atoms with Crippen LogP contribution < -0.4 is 0 Å². The maximum atomic E-state index is 11.1. The summed E-state index contributed by atoms with van der Waals surface area (Å²) in [4.78, 5) is 22.0. The lowest BCUT2D eigenvalue weighted by Crippen LogP contribution is -2.26. The molecule has 0 amide bonds. The highest BCUT2D eigenvalue weighted by Crippen LogP contribution is 2.42. The van der Waals surface area contributed by atoms with Gasteiger partial charge in [-0.3, -0.25) is 4.79 Å². The van der Waals surface area contributed by atoms with E-state index in [9.17, 15) is 9.59 Å². The number of aldehydes is 1. The van der Waals surface area contributed by atoms with E-state index in [1.165, 1.54) is 0 Å². The molecule has 1 aliphatic carbocycles. The Morgan fingerprint density at radius 2 is 2.27 bits per heavy atom. The Balaban J connectivity index is 2.06. The predicted octanol–water partition coefficient (Wildman–Crippen LogP) is 0.257. The van der Waals surface area contributed by atoms with E-state index in [-0.39, 0.29) is 36.4 Å². The molecule has 0 N–H and O–H groups in total. The molecule has 4 nitrogen and oxygen atoms in total. The second-order valence-corrected chi connectivity index (χ2v) is 6.07. The smallest absolute Gasteiger partial charge is 0.336 e. The largest absolute Gasteiger partial charge is 0.462 e. The molecule has 1 aliphatic heterocycles. The number of ether oxygens (including phenoxy) is 1. The summed E-state index contributed by atoms with van der Waals surface area (Å²) in [5.41, 5.74) is 0. The fourth-order valence-corrected chi connectivity index (χ4v) is 2.84. The highest BCUT2D eigenvalue weighted by atomic mass is 31.1. The number of hydrogen-bond donors (Lipinski definition) is 0. The first-order valence-corrected chi connectivity index (χ1v) is 6.26. The normalized spacial score (nSPS) is 38.7. The van der Waals surface area contributed by atoms with Crippen LogP contribution in [-0.4, -0.2) is 30.8 Å². The van der Waals surface area contributed by atoms with E-state index in [2.05, 4.69) is 18.2 Å². The van der Waals surface area contributed by atoms with Crippen LogP contribution in [0, 0.1) is 11.8 Å². The quantitative estimate of drug-likeness (QED) is 0.310. The summed E-state index contributed by atoms with van der Waals surface area (Å²) in [5.74, 6) is -0.373. The molecule has 0 aromatic rings. The SMILES string of the molecule is O=C[C@H]1[C@H](OB(P)P)CC2OC(=O)C[C@@H]21. The fourth-order valence-electron chi connectivity index (χ4n) is 2.43. The zero-order valence-corrected chi connectivity index (χ0v) is 10.5. The number of carbonyl (C=O) groups is 2. The van der Waals surface area contributed by atoms with Crippen LogP contribution in [0.4, 0.5) is 0 Å². The Bertz CT molecular complexity index is 286. The van der Waals surface area contributed by atoms with Gasteiger partial charge in [-0.05, 0) is 0 Å². The summed E-state index contributed by atoms with van der Waals surface area (Å²) in [6, 6.07) is 0. The van der Waals surface area contributed by atoms with Crippen molar-refractivity contribution in [3.63, 3.8) is 0 Å². The lowest BCUT2D eigenvalue weighted by atomic mass is 9.93. The lowest BCUT2D eigenvalue weighted by molar-refractivity contribution is -0.141. The van der Waals surface area contributed by atoms with Crippen LogP contribution in [0.5, 0.6) is 0 Å². The molecule has 0 aromatic carbocycles. The van der Waals surface area contributed by atoms with E-state index in [0.29, 0.717) is 12.8 Å². The standard InChI is InChI=1S/C8H13BO4P2/c10-3-5-4-1-8(11)12-6(4)2-7(5)13-9(14)15/h3-7H,1-2,14-15H2/t4-,5-,6?,7-/m1/s1. The Morgan fingerprint density at radius 3 is 2.87 bits per heavy atom. The molecule has 7 heteroatoms. The van der Waals surface area contributed by atoms with Crippen LogP contribution in [0.1, 0.15) is 12.8 Å². The van der Waals surface area contributed by atoms with Crippen LogP contribution in [0.25, 0.3) is 0 Å². The lowest BCUT2D eigenvalue weighted by Gasteiger charge is -2.19. The number of carbonyl (C=O) groups excluding carboxylic acids is 2. The zero-order chi connectivity index (χ0) is 11.0. The average molecular weight is 246 g/mol. The van der Waals surface area contributed by atoms with E-state index in [0.717, 1.165) is 6.29 Å². The number of esters is 1. The average Bonchev–Trinajstić information content (AvgIpc) is 2.59. The number of hydrogen-bond acceptors (Lipinski definition) is 4. The monoisotopic (exact) mass is 246 g/mol. The topological polar surface area (TPSA) is 52.6 Å². The van der Waals surface area contributed by atoms with Gasteiger partial charge in [0, 0.05) is 18.3 Å². The van der Waals surface area contributed by atoms with Gasteiger partial charge >= 0.3 is 12.3 Å². The summed E-state index contributed by atoms with van der Waals surface area (Å²) in [5, 5.41) is 0. The zero-order valence-electron chi connectivity index (χ0n) is 8.17. The van der Waals surface area contributed by atoms with Crippen molar-refractivity contribution in [1.82, 2.24) is 0 Å². The molecule has 0 aromatic heterocycles.